The average Bonchev–Trinajstić information content (AvgIpc) is 1.58. The van der Waals surface area contributed by atoms with E-state index in [-0.39, 0.29) is 0 Å². The second-order valence-electron chi connectivity index (χ2n) is 32.2. The molecule has 0 atom stereocenters. The zero-order chi connectivity index (χ0) is 82.0. The van der Waals surface area contributed by atoms with Gasteiger partial charge in [0, 0.05) is 73.3 Å². The molecule has 0 N–H and O–H groups in total. The third kappa shape index (κ3) is 13.5. The second-order valence-corrected chi connectivity index (χ2v) is 34.2. The van der Waals surface area contributed by atoms with Crippen molar-refractivity contribution in [3.8, 4) is 145 Å². The van der Waals surface area contributed by atoms with Crippen LogP contribution in [0.5, 0.6) is 0 Å². The summed E-state index contributed by atoms with van der Waals surface area (Å²) >= 11 is 3.82. The largest absolute Gasteiger partial charge is 0.309 e. The first-order chi connectivity index (χ1) is 61.5. The van der Waals surface area contributed by atoms with Gasteiger partial charge in [0.1, 0.15) is 0 Å². The molecule has 0 aliphatic heterocycles. The molecule has 0 fully saturated rings. The molecule has 0 saturated heterocycles. The van der Waals surface area contributed by atoms with E-state index in [1.54, 1.807) is 0 Å². The first kappa shape index (κ1) is 73.6. The molecular formula is C120H78N2S2. The van der Waals surface area contributed by atoms with Crippen LogP contribution in [0, 0.1) is 0 Å². The van der Waals surface area contributed by atoms with Gasteiger partial charge in [-0.25, -0.2) is 0 Å². The Morgan fingerprint density at radius 2 is 0.339 bits per heavy atom. The van der Waals surface area contributed by atoms with Gasteiger partial charge in [0.25, 0.3) is 0 Å². The smallest absolute Gasteiger partial charge is 0.0541 e. The summed E-state index contributed by atoms with van der Waals surface area (Å²) in [5.41, 5.74) is 36.3. The average molecular weight is 1610 g/mol. The Kier molecular flexibility index (Phi) is 18.7. The minimum absolute atomic E-state index is 1.15. The molecule has 0 radical (unpaired) electrons. The standard InChI is InChI=1S/2C60H39NS/c1-4-16-40(17-5-1)43-22-12-23-44(34-43)47-35-48(37-49(36-47)52-28-15-30-55-54-29-14-27-51(59(54)62-60(52)55)42-20-8-3-9-21-42)46-32-33-58-56(39-46)53-26-10-11-31-57(53)61(58)50-25-13-24-45(38-50)41-18-6-2-7-19-41;1-4-15-40(16-5-1)42-29-31-43(32-30-42)47-35-48(37-49(36-47)52-25-14-27-55-54-26-13-24-51(59(54)62-60(52)55)44-19-8-3-9-20-44)46-33-34-58-56(39-46)53-23-10-11-28-57(53)61(58)50-22-12-21-45(38-50)41-17-6-2-7-18-41/h2*1-39H. The zero-order valence-corrected chi connectivity index (χ0v) is 69.4. The minimum Gasteiger partial charge on any atom is -0.309 e. The summed E-state index contributed by atoms with van der Waals surface area (Å²) in [7, 11) is 0. The van der Waals surface area contributed by atoms with Gasteiger partial charge in [-0.05, 0) is 237 Å². The number of thiophene rings is 2. The predicted octanol–water partition coefficient (Wildman–Crippen LogP) is 34.3. The van der Waals surface area contributed by atoms with E-state index in [2.05, 4.69) is 482 Å². The Balaban J connectivity index is 0.000000143. The maximum Gasteiger partial charge on any atom is 0.0541 e. The first-order valence-corrected chi connectivity index (χ1v) is 44.1. The molecule has 0 amide bonds. The van der Waals surface area contributed by atoms with Crippen LogP contribution in [0.2, 0.25) is 0 Å². The van der Waals surface area contributed by atoms with Gasteiger partial charge in [-0.1, -0.05) is 370 Å². The fourth-order valence-corrected chi connectivity index (χ4v) is 21.5. The Morgan fingerprint density at radius 1 is 0.121 bits per heavy atom. The van der Waals surface area contributed by atoms with Gasteiger partial charge in [-0.3, -0.25) is 0 Å². The Hall–Kier alpha value is -15.6. The first-order valence-electron chi connectivity index (χ1n) is 42.5. The van der Waals surface area contributed by atoms with E-state index in [4.69, 9.17) is 0 Å². The highest BCUT2D eigenvalue weighted by molar-refractivity contribution is 7.27. The van der Waals surface area contributed by atoms with Crippen molar-refractivity contribution >= 4 is 107 Å². The maximum absolute atomic E-state index is 2.42. The highest BCUT2D eigenvalue weighted by Gasteiger charge is 2.23. The summed E-state index contributed by atoms with van der Waals surface area (Å²) in [5, 5.41) is 10.2. The van der Waals surface area contributed by atoms with Crippen LogP contribution in [0.1, 0.15) is 0 Å². The molecule has 0 saturated carbocycles. The fourth-order valence-electron chi connectivity index (χ4n) is 18.8. The lowest BCUT2D eigenvalue weighted by Gasteiger charge is -2.14. The Labute approximate surface area is 728 Å². The monoisotopic (exact) mass is 1610 g/mol. The molecule has 0 unspecified atom stereocenters. The fraction of sp³-hybridized carbons (Fsp3) is 0. The van der Waals surface area contributed by atoms with Crippen molar-refractivity contribution in [2.45, 2.75) is 0 Å². The van der Waals surface area contributed by atoms with E-state index in [0.29, 0.717) is 0 Å². The van der Waals surface area contributed by atoms with Crippen molar-refractivity contribution in [1.82, 2.24) is 9.13 Å². The number of hydrogen-bond acceptors (Lipinski definition) is 2. The molecule has 2 nitrogen and oxygen atoms in total. The number of aromatic nitrogens is 2. The molecule has 24 rings (SSSR count). The molecule has 0 aliphatic carbocycles. The van der Waals surface area contributed by atoms with E-state index in [0.717, 1.165) is 11.4 Å². The van der Waals surface area contributed by atoms with Crippen LogP contribution in [-0.2, 0) is 0 Å². The number of para-hydroxylation sites is 2. The van der Waals surface area contributed by atoms with E-state index in [1.165, 1.54) is 217 Å². The minimum atomic E-state index is 1.15. The molecule has 4 heterocycles. The number of fused-ring (bicyclic) bond motifs is 12. The summed E-state index contributed by atoms with van der Waals surface area (Å²) < 4.78 is 10.1. The van der Waals surface area contributed by atoms with E-state index < -0.39 is 0 Å². The normalized spacial score (nSPS) is 11.5. The van der Waals surface area contributed by atoms with Crippen LogP contribution in [0.4, 0.5) is 0 Å². The van der Waals surface area contributed by atoms with Crippen molar-refractivity contribution in [2.75, 3.05) is 0 Å². The van der Waals surface area contributed by atoms with Gasteiger partial charge in [0.2, 0.25) is 0 Å². The molecule has 0 bridgehead atoms. The van der Waals surface area contributed by atoms with E-state index >= 15 is 0 Å². The molecule has 580 valence electrons. The number of hydrogen-bond donors (Lipinski definition) is 0. The van der Waals surface area contributed by atoms with E-state index in [1.807, 2.05) is 22.7 Å². The third-order valence-corrected chi connectivity index (χ3v) is 27.3. The van der Waals surface area contributed by atoms with Crippen LogP contribution >= 0.6 is 22.7 Å². The quantitative estimate of drug-likeness (QED) is 0.103. The summed E-state index contributed by atoms with van der Waals surface area (Å²) in [6.45, 7) is 0. The third-order valence-electron chi connectivity index (χ3n) is 24.8. The highest BCUT2D eigenvalue weighted by Crippen LogP contribution is 2.50. The summed E-state index contributed by atoms with van der Waals surface area (Å²) in [4.78, 5) is 0. The van der Waals surface area contributed by atoms with Crippen LogP contribution in [0.25, 0.3) is 229 Å². The lowest BCUT2D eigenvalue weighted by molar-refractivity contribution is 1.18. The lowest BCUT2D eigenvalue weighted by atomic mass is 9.91. The van der Waals surface area contributed by atoms with E-state index in [9.17, 15) is 0 Å². The van der Waals surface area contributed by atoms with Crippen molar-refractivity contribution in [1.29, 1.82) is 0 Å². The molecule has 0 spiro atoms. The molecule has 20 aromatic carbocycles. The predicted molar refractivity (Wildman–Crippen MR) is 533 cm³/mol. The molecular weight excluding hydrogens is 1530 g/mol. The van der Waals surface area contributed by atoms with Gasteiger partial charge in [-0.2, -0.15) is 0 Å². The van der Waals surface area contributed by atoms with Crippen molar-refractivity contribution in [3.63, 3.8) is 0 Å². The number of rotatable bonds is 14. The molecule has 0 aliphatic rings. The van der Waals surface area contributed by atoms with Gasteiger partial charge in [0.15, 0.2) is 0 Å². The van der Waals surface area contributed by atoms with Crippen LogP contribution < -0.4 is 0 Å². The van der Waals surface area contributed by atoms with Gasteiger partial charge in [-0.15, -0.1) is 22.7 Å². The summed E-state index contributed by atoms with van der Waals surface area (Å²) in [6, 6.07) is 173. The summed E-state index contributed by atoms with van der Waals surface area (Å²) in [6.07, 6.45) is 0. The molecule has 24 aromatic rings. The van der Waals surface area contributed by atoms with Crippen molar-refractivity contribution < 1.29 is 0 Å². The Bertz CT molecular complexity index is 8180. The highest BCUT2D eigenvalue weighted by atomic mass is 32.1. The summed E-state index contributed by atoms with van der Waals surface area (Å²) in [5.74, 6) is 0. The second kappa shape index (κ2) is 31.5. The van der Waals surface area contributed by atoms with Crippen LogP contribution in [-0.4, -0.2) is 9.13 Å². The van der Waals surface area contributed by atoms with Gasteiger partial charge < -0.3 is 9.13 Å². The number of benzene rings is 20. The molecule has 124 heavy (non-hydrogen) atoms. The number of nitrogens with zero attached hydrogens (tertiary/aromatic N) is 2. The van der Waals surface area contributed by atoms with Crippen LogP contribution in [0.15, 0.2) is 473 Å². The zero-order valence-electron chi connectivity index (χ0n) is 67.7. The topological polar surface area (TPSA) is 9.86 Å². The maximum atomic E-state index is 2.42. The lowest BCUT2D eigenvalue weighted by Crippen LogP contribution is -1.94. The van der Waals surface area contributed by atoms with Crippen molar-refractivity contribution in [2.24, 2.45) is 0 Å². The molecule has 4 heteroatoms. The molecule has 4 aromatic heterocycles. The van der Waals surface area contributed by atoms with Crippen molar-refractivity contribution in [3.05, 3.63) is 473 Å². The van der Waals surface area contributed by atoms with Gasteiger partial charge >= 0.3 is 0 Å². The van der Waals surface area contributed by atoms with Gasteiger partial charge in [0.05, 0.1) is 22.1 Å². The Morgan fingerprint density at radius 3 is 0.710 bits per heavy atom. The van der Waals surface area contributed by atoms with Crippen LogP contribution in [0.3, 0.4) is 0 Å². The SMILES string of the molecule is c1ccc(-c2ccc(-c3cc(-c4ccc5c(c4)c4ccccc4n5-c4cccc(-c5ccccc5)c4)cc(-c4cccc5c4sc4c(-c6ccccc6)cccc45)c3)cc2)cc1.c1ccc(-c2cccc(-c3cc(-c4ccc5c(c4)c4ccccc4n5-c4cccc(-c5ccccc5)c4)cc(-c4cccc5c4sc4c(-c6ccccc6)cccc45)c3)c2)cc1.